The van der Waals surface area contributed by atoms with E-state index in [-0.39, 0.29) is 22.9 Å². The van der Waals surface area contributed by atoms with Crippen LogP contribution in [0.5, 0.6) is 0 Å². The number of hydrogen-bond donors (Lipinski definition) is 2. The Bertz CT molecular complexity index is 868. The van der Waals surface area contributed by atoms with Crippen molar-refractivity contribution >= 4 is 15.7 Å². The zero-order chi connectivity index (χ0) is 17.3. The van der Waals surface area contributed by atoms with E-state index in [1.54, 1.807) is 18.2 Å². The van der Waals surface area contributed by atoms with Crippen molar-refractivity contribution in [2.24, 2.45) is 0 Å². The van der Waals surface area contributed by atoms with Gasteiger partial charge in [0, 0.05) is 11.8 Å². The highest BCUT2D eigenvalue weighted by molar-refractivity contribution is 7.91. The Hall–Kier alpha value is -2.32. The van der Waals surface area contributed by atoms with E-state index in [0.717, 1.165) is 0 Å². The van der Waals surface area contributed by atoms with Gasteiger partial charge in [0.15, 0.2) is 9.84 Å². The number of nitrogens with zero attached hydrogens (tertiary/aromatic N) is 1. The molecular formula is C16H15FN2O4S. The summed E-state index contributed by atoms with van der Waals surface area (Å²) in [7, 11) is -3.34. The molecule has 1 aromatic heterocycles. The molecule has 24 heavy (non-hydrogen) atoms. The first-order valence-electron chi connectivity index (χ1n) is 7.25. The molecule has 2 N–H and O–H groups in total. The Morgan fingerprint density at radius 3 is 2.62 bits per heavy atom. The summed E-state index contributed by atoms with van der Waals surface area (Å²) in [6, 6.07) is 8.18. The Kier molecular flexibility index (Phi) is 4.33. The maximum absolute atomic E-state index is 13.2. The van der Waals surface area contributed by atoms with Gasteiger partial charge in [-0.3, -0.25) is 9.78 Å². The van der Waals surface area contributed by atoms with Crippen LogP contribution in [-0.2, 0) is 9.84 Å². The Morgan fingerprint density at radius 1 is 1.25 bits per heavy atom. The van der Waals surface area contributed by atoms with Crippen LogP contribution in [0.1, 0.15) is 10.4 Å². The third-order valence-corrected chi connectivity index (χ3v) is 5.50. The number of nitrogens with one attached hydrogen (secondary N) is 1. The molecule has 2 atom stereocenters. The topological polar surface area (TPSA) is 96.4 Å². The van der Waals surface area contributed by atoms with E-state index in [0.29, 0.717) is 11.3 Å². The Labute approximate surface area is 138 Å². The molecule has 1 aliphatic rings. The first kappa shape index (κ1) is 16.5. The van der Waals surface area contributed by atoms with Crippen molar-refractivity contribution in [3.63, 3.8) is 0 Å². The lowest BCUT2D eigenvalue weighted by atomic mass is 10.1. The molecule has 0 saturated carbocycles. The van der Waals surface area contributed by atoms with E-state index in [4.69, 9.17) is 0 Å². The monoisotopic (exact) mass is 350 g/mol. The summed E-state index contributed by atoms with van der Waals surface area (Å²) >= 11 is 0. The van der Waals surface area contributed by atoms with Gasteiger partial charge >= 0.3 is 0 Å². The van der Waals surface area contributed by atoms with Crippen LogP contribution in [0.25, 0.3) is 11.3 Å². The minimum atomic E-state index is -3.34. The molecule has 126 valence electrons. The van der Waals surface area contributed by atoms with Crippen molar-refractivity contribution in [2.45, 2.75) is 12.1 Å². The summed E-state index contributed by atoms with van der Waals surface area (Å²) in [6.45, 7) is 0. The summed E-state index contributed by atoms with van der Waals surface area (Å²) in [6.07, 6.45) is 0.212. The summed E-state index contributed by atoms with van der Waals surface area (Å²) in [4.78, 5) is 16.3. The van der Waals surface area contributed by atoms with Gasteiger partial charge in [0.05, 0.1) is 34.9 Å². The maximum Gasteiger partial charge on any atom is 0.253 e. The van der Waals surface area contributed by atoms with Crippen LogP contribution in [0.15, 0.2) is 42.6 Å². The molecule has 2 heterocycles. The lowest BCUT2D eigenvalue weighted by molar-refractivity contribution is 0.0888. The average Bonchev–Trinajstić information content (AvgIpc) is 2.79. The van der Waals surface area contributed by atoms with Gasteiger partial charge in [0.2, 0.25) is 0 Å². The molecule has 1 aliphatic heterocycles. The highest BCUT2D eigenvalue weighted by Crippen LogP contribution is 2.18. The van der Waals surface area contributed by atoms with Gasteiger partial charge in [-0.25, -0.2) is 12.8 Å². The number of hydrogen-bond acceptors (Lipinski definition) is 5. The summed E-state index contributed by atoms with van der Waals surface area (Å²) < 4.78 is 36.1. The first-order chi connectivity index (χ1) is 11.3. The van der Waals surface area contributed by atoms with Gasteiger partial charge in [-0.05, 0) is 24.3 Å². The normalized spacial score (nSPS) is 22.2. The van der Waals surface area contributed by atoms with Crippen LogP contribution >= 0.6 is 0 Å². The summed E-state index contributed by atoms with van der Waals surface area (Å²) in [5.41, 5.74) is 1.32. The molecule has 1 fully saturated rings. The highest BCUT2D eigenvalue weighted by Gasteiger charge is 2.37. The van der Waals surface area contributed by atoms with Crippen molar-refractivity contribution < 1.29 is 22.7 Å². The van der Waals surface area contributed by atoms with Crippen molar-refractivity contribution in [1.29, 1.82) is 0 Å². The number of aliphatic hydroxyl groups excluding tert-OH is 1. The highest BCUT2D eigenvalue weighted by atomic mass is 32.2. The fourth-order valence-electron chi connectivity index (χ4n) is 2.57. The van der Waals surface area contributed by atoms with Gasteiger partial charge in [-0.2, -0.15) is 0 Å². The number of benzene rings is 1. The molecule has 6 nitrogen and oxygen atoms in total. The minimum absolute atomic E-state index is 0.228. The fraction of sp³-hybridized carbons (Fsp3) is 0.250. The second kappa shape index (κ2) is 6.29. The Balaban J connectivity index is 1.73. The van der Waals surface area contributed by atoms with Crippen molar-refractivity contribution in [3.8, 4) is 11.3 Å². The number of sulfone groups is 1. The second-order valence-corrected chi connectivity index (χ2v) is 7.82. The van der Waals surface area contributed by atoms with Gasteiger partial charge in [-0.15, -0.1) is 0 Å². The number of carbonyl (C=O) groups is 1. The van der Waals surface area contributed by atoms with Gasteiger partial charge in [-0.1, -0.05) is 12.1 Å². The molecule has 3 rings (SSSR count). The van der Waals surface area contributed by atoms with E-state index in [2.05, 4.69) is 10.3 Å². The van der Waals surface area contributed by atoms with E-state index < -0.39 is 27.9 Å². The molecule has 1 saturated heterocycles. The Morgan fingerprint density at radius 2 is 2.04 bits per heavy atom. The predicted octanol–water partition coefficient (Wildman–Crippen LogP) is 0.775. The molecule has 8 heteroatoms. The van der Waals surface area contributed by atoms with E-state index in [1.807, 2.05) is 0 Å². The third kappa shape index (κ3) is 3.60. The summed E-state index contributed by atoms with van der Waals surface area (Å²) in [5.74, 6) is -1.54. The number of rotatable bonds is 3. The molecule has 0 bridgehead atoms. The zero-order valence-electron chi connectivity index (χ0n) is 12.5. The van der Waals surface area contributed by atoms with Crippen LogP contribution in [0, 0.1) is 5.82 Å². The molecule has 1 amide bonds. The van der Waals surface area contributed by atoms with Gasteiger partial charge in [0.1, 0.15) is 5.82 Å². The van der Waals surface area contributed by atoms with Crippen LogP contribution in [0.2, 0.25) is 0 Å². The second-order valence-electron chi connectivity index (χ2n) is 5.67. The smallest absolute Gasteiger partial charge is 0.253 e. The average molecular weight is 350 g/mol. The molecule has 1 aromatic carbocycles. The standard InChI is InChI=1S/C16H15FN2O4S/c17-12-3-1-2-10(6-12)13-5-4-11(7-18-13)16(21)19-14-8-24(22,23)9-15(14)20/h1-7,14-15,20H,8-9H2,(H,19,21)/t14-,15-/m1/s1. The van der Waals surface area contributed by atoms with Crippen molar-refractivity contribution in [1.82, 2.24) is 10.3 Å². The van der Waals surface area contributed by atoms with Crippen molar-refractivity contribution in [2.75, 3.05) is 11.5 Å². The van der Waals surface area contributed by atoms with Crippen LogP contribution in [-0.4, -0.2) is 48.1 Å². The number of aliphatic hydroxyl groups is 1. The number of carbonyl (C=O) groups excluding carboxylic acids is 1. The van der Waals surface area contributed by atoms with Gasteiger partial charge < -0.3 is 10.4 Å². The first-order valence-corrected chi connectivity index (χ1v) is 9.07. The number of amides is 1. The van der Waals surface area contributed by atoms with Crippen LogP contribution in [0.4, 0.5) is 4.39 Å². The van der Waals surface area contributed by atoms with Gasteiger partial charge in [0.25, 0.3) is 5.91 Å². The molecule has 0 radical (unpaired) electrons. The quantitative estimate of drug-likeness (QED) is 0.853. The summed E-state index contributed by atoms with van der Waals surface area (Å²) in [5, 5.41) is 12.2. The van der Waals surface area contributed by atoms with E-state index in [9.17, 15) is 22.7 Å². The van der Waals surface area contributed by atoms with Crippen LogP contribution < -0.4 is 5.32 Å². The number of halogens is 1. The zero-order valence-corrected chi connectivity index (χ0v) is 13.3. The van der Waals surface area contributed by atoms with Crippen LogP contribution in [0.3, 0.4) is 0 Å². The largest absolute Gasteiger partial charge is 0.390 e. The number of aromatic nitrogens is 1. The molecular weight excluding hydrogens is 335 g/mol. The lowest BCUT2D eigenvalue weighted by Crippen LogP contribution is -2.42. The third-order valence-electron chi connectivity index (χ3n) is 3.79. The molecule has 2 aromatic rings. The molecule has 0 aliphatic carbocycles. The van der Waals surface area contributed by atoms with E-state index in [1.165, 1.54) is 24.4 Å². The maximum atomic E-state index is 13.2. The molecule has 0 unspecified atom stereocenters. The van der Waals surface area contributed by atoms with E-state index >= 15 is 0 Å². The predicted molar refractivity (Wildman–Crippen MR) is 85.5 cm³/mol. The number of pyridine rings is 1. The molecule has 0 spiro atoms. The fourth-order valence-corrected chi connectivity index (χ4v) is 4.31. The van der Waals surface area contributed by atoms with Crippen molar-refractivity contribution in [3.05, 3.63) is 54.0 Å². The SMILES string of the molecule is O=C(N[C@@H]1CS(=O)(=O)C[C@H]1O)c1ccc(-c2cccc(F)c2)nc1. The lowest BCUT2D eigenvalue weighted by Gasteiger charge is -2.14. The minimum Gasteiger partial charge on any atom is -0.390 e.